The van der Waals surface area contributed by atoms with Gasteiger partial charge in [0.2, 0.25) is 0 Å². The van der Waals surface area contributed by atoms with E-state index < -0.39 is 0 Å². The molecule has 3 aromatic rings. The number of piperidine rings is 1. The molecule has 30 heavy (non-hydrogen) atoms. The Kier molecular flexibility index (Phi) is 6.08. The molecular formula is C23H26N2O4S. The van der Waals surface area contributed by atoms with E-state index in [4.69, 9.17) is 9.47 Å². The zero-order valence-corrected chi connectivity index (χ0v) is 18.1. The molecular weight excluding hydrogens is 400 g/mol. The first-order chi connectivity index (χ1) is 14.6. The number of amides is 1. The quantitative estimate of drug-likeness (QED) is 0.555. The summed E-state index contributed by atoms with van der Waals surface area (Å²) < 4.78 is 13.7. The van der Waals surface area contributed by atoms with Crippen molar-refractivity contribution >= 4 is 33.4 Å². The third-order valence-electron chi connectivity index (χ3n) is 5.55. The number of benzene rings is 1. The smallest absolute Gasteiger partial charge is 0.310 e. The van der Waals surface area contributed by atoms with Gasteiger partial charge in [0.1, 0.15) is 11.4 Å². The number of methoxy groups -OCH3 is 1. The van der Waals surface area contributed by atoms with Gasteiger partial charge in [0.25, 0.3) is 5.91 Å². The van der Waals surface area contributed by atoms with Crippen LogP contribution in [0.1, 0.15) is 35.8 Å². The molecule has 0 saturated carbocycles. The highest BCUT2D eigenvalue weighted by atomic mass is 32.1. The van der Waals surface area contributed by atoms with Crippen molar-refractivity contribution in [1.82, 2.24) is 9.47 Å². The number of likely N-dealkylation sites (tertiary alicyclic amines) is 1. The number of ether oxygens (including phenoxy) is 2. The molecule has 0 unspecified atom stereocenters. The largest absolute Gasteiger partial charge is 0.497 e. The summed E-state index contributed by atoms with van der Waals surface area (Å²) in [7, 11) is 1.65. The third kappa shape index (κ3) is 4.07. The van der Waals surface area contributed by atoms with E-state index in [1.807, 2.05) is 42.6 Å². The fraction of sp³-hybridized carbons (Fsp3) is 0.391. The van der Waals surface area contributed by atoms with Crippen LogP contribution in [0.5, 0.6) is 5.75 Å². The Hall–Kier alpha value is -2.80. The summed E-state index contributed by atoms with van der Waals surface area (Å²) in [6.45, 7) is 3.82. The zero-order chi connectivity index (χ0) is 21.1. The molecule has 1 aromatic carbocycles. The Labute approximate surface area is 180 Å². The molecule has 6 nitrogen and oxygen atoms in total. The lowest BCUT2D eigenvalue weighted by Crippen LogP contribution is -2.43. The number of fused-ring (bicyclic) bond motifs is 1. The van der Waals surface area contributed by atoms with E-state index in [-0.39, 0.29) is 17.8 Å². The number of carbonyl (C=O) groups is 2. The third-order valence-corrected chi connectivity index (χ3v) is 6.40. The van der Waals surface area contributed by atoms with Gasteiger partial charge in [-0.2, -0.15) is 0 Å². The van der Waals surface area contributed by atoms with E-state index in [2.05, 4.69) is 10.6 Å². The molecule has 0 spiro atoms. The second-order valence-electron chi connectivity index (χ2n) is 7.48. The van der Waals surface area contributed by atoms with Gasteiger partial charge in [-0.05, 0) is 55.0 Å². The van der Waals surface area contributed by atoms with Crippen molar-refractivity contribution in [2.24, 2.45) is 5.92 Å². The van der Waals surface area contributed by atoms with Gasteiger partial charge < -0.3 is 18.9 Å². The van der Waals surface area contributed by atoms with E-state index in [1.165, 1.54) is 0 Å². The second-order valence-corrected chi connectivity index (χ2v) is 8.43. The first-order valence-corrected chi connectivity index (χ1v) is 11.1. The molecule has 2 aromatic heterocycles. The second kappa shape index (κ2) is 8.92. The van der Waals surface area contributed by atoms with Crippen LogP contribution in [0.2, 0.25) is 0 Å². The Morgan fingerprint density at radius 3 is 2.90 bits per heavy atom. The lowest BCUT2D eigenvalue weighted by atomic mass is 9.98. The van der Waals surface area contributed by atoms with Crippen LogP contribution in [0.4, 0.5) is 0 Å². The van der Waals surface area contributed by atoms with Crippen LogP contribution in [-0.2, 0) is 16.1 Å². The van der Waals surface area contributed by atoms with Crippen molar-refractivity contribution < 1.29 is 19.1 Å². The van der Waals surface area contributed by atoms with Gasteiger partial charge in [0.15, 0.2) is 0 Å². The maximum atomic E-state index is 13.5. The number of aromatic nitrogens is 1. The minimum Gasteiger partial charge on any atom is -0.497 e. The molecule has 0 aliphatic carbocycles. The maximum absolute atomic E-state index is 13.5. The standard InChI is InChI=1S/C23H26N2O4S/c1-3-29-23(27)17-7-5-10-24(15-17)22(26)20-13-21-19(9-11-30-21)25(20)14-16-6-4-8-18(12-16)28-2/h4,6,8-9,11-13,17H,3,5,7,10,14-15H2,1-2H3/t17-/m0/s1. The highest BCUT2D eigenvalue weighted by Crippen LogP contribution is 2.29. The van der Waals surface area contributed by atoms with E-state index >= 15 is 0 Å². The van der Waals surface area contributed by atoms with Crippen LogP contribution in [0, 0.1) is 5.92 Å². The molecule has 158 valence electrons. The fourth-order valence-electron chi connectivity index (χ4n) is 4.05. The van der Waals surface area contributed by atoms with Crippen molar-refractivity contribution in [1.29, 1.82) is 0 Å². The molecule has 1 aliphatic rings. The number of nitrogens with zero attached hydrogens (tertiary/aromatic N) is 2. The van der Waals surface area contributed by atoms with Gasteiger partial charge in [0, 0.05) is 19.6 Å². The molecule has 1 amide bonds. The average Bonchev–Trinajstić information content (AvgIpc) is 3.36. The molecule has 1 fully saturated rings. The van der Waals surface area contributed by atoms with Crippen LogP contribution >= 0.6 is 11.3 Å². The van der Waals surface area contributed by atoms with Crippen LogP contribution in [-0.4, -0.2) is 48.1 Å². The summed E-state index contributed by atoms with van der Waals surface area (Å²) in [6.07, 6.45) is 1.57. The monoisotopic (exact) mass is 426 g/mol. The SMILES string of the molecule is CCOC(=O)[C@H]1CCCN(C(=O)c2cc3sccc3n2Cc2cccc(OC)c2)C1. The summed E-state index contributed by atoms with van der Waals surface area (Å²) in [4.78, 5) is 27.5. The Morgan fingerprint density at radius 1 is 1.23 bits per heavy atom. The zero-order valence-electron chi connectivity index (χ0n) is 17.3. The number of carbonyl (C=O) groups excluding carboxylic acids is 2. The number of esters is 1. The molecule has 0 bridgehead atoms. The molecule has 1 saturated heterocycles. The van der Waals surface area contributed by atoms with Crippen LogP contribution in [0.25, 0.3) is 10.2 Å². The Balaban J connectivity index is 1.62. The van der Waals surface area contributed by atoms with Gasteiger partial charge >= 0.3 is 5.97 Å². The van der Waals surface area contributed by atoms with E-state index in [9.17, 15) is 9.59 Å². The van der Waals surface area contributed by atoms with Gasteiger partial charge in [-0.15, -0.1) is 11.3 Å². The first kappa shape index (κ1) is 20.5. The Morgan fingerprint density at radius 2 is 2.10 bits per heavy atom. The molecule has 0 N–H and O–H groups in total. The highest BCUT2D eigenvalue weighted by molar-refractivity contribution is 7.17. The molecule has 1 aliphatic heterocycles. The van der Waals surface area contributed by atoms with E-state index in [0.717, 1.165) is 34.4 Å². The molecule has 3 heterocycles. The topological polar surface area (TPSA) is 60.8 Å². The first-order valence-electron chi connectivity index (χ1n) is 10.3. The van der Waals surface area contributed by atoms with Gasteiger partial charge in [-0.3, -0.25) is 9.59 Å². The fourth-order valence-corrected chi connectivity index (χ4v) is 4.88. The lowest BCUT2D eigenvalue weighted by Gasteiger charge is -2.31. The minimum absolute atomic E-state index is 0.0321. The summed E-state index contributed by atoms with van der Waals surface area (Å²) in [5.41, 5.74) is 2.77. The van der Waals surface area contributed by atoms with Crippen molar-refractivity contribution in [2.45, 2.75) is 26.3 Å². The van der Waals surface area contributed by atoms with Crippen molar-refractivity contribution in [3.05, 3.63) is 53.0 Å². The van der Waals surface area contributed by atoms with Crippen LogP contribution in [0.15, 0.2) is 41.8 Å². The van der Waals surface area contributed by atoms with E-state index in [1.54, 1.807) is 23.3 Å². The summed E-state index contributed by atoms with van der Waals surface area (Å²) in [5.74, 6) is 0.311. The van der Waals surface area contributed by atoms with Crippen molar-refractivity contribution in [3.63, 3.8) is 0 Å². The summed E-state index contributed by atoms with van der Waals surface area (Å²) in [6, 6.07) is 11.9. The normalized spacial score (nSPS) is 16.6. The molecule has 7 heteroatoms. The number of hydrogen-bond donors (Lipinski definition) is 0. The van der Waals surface area contributed by atoms with Crippen molar-refractivity contribution in [3.8, 4) is 5.75 Å². The van der Waals surface area contributed by atoms with Gasteiger partial charge in [-0.1, -0.05) is 12.1 Å². The Bertz CT molecular complexity index is 1050. The molecule has 0 radical (unpaired) electrons. The number of thiophene rings is 1. The van der Waals surface area contributed by atoms with Gasteiger partial charge in [0.05, 0.1) is 29.9 Å². The van der Waals surface area contributed by atoms with Crippen LogP contribution in [0.3, 0.4) is 0 Å². The van der Waals surface area contributed by atoms with Crippen molar-refractivity contribution in [2.75, 3.05) is 26.8 Å². The summed E-state index contributed by atoms with van der Waals surface area (Å²) in [5, 5.41) is 2.04. The number of hydrogen-bond acceptors (Lipinski definition) is 5. The number of rotatable bonds is 6. The van der Waals surface area contributed by atoms with Gasteiger partial charge in [-0.25, -0.2) is 0 Å². The molecule has 1 atom stereocenters. The average molecular weight is 427 g/mol. The maximum Gasteiger partial charge on any atom is 0.310 e. The van der Waals surface area contributed by atoms with E-state index in [0.29, 0.717) is 31.9 Å². The summed E-state index contributed by atoms with van der Waals surface area (Å²) >= 11 is 1.63. The lowest BCUT2D eigenvalue weighted by molar-refractivity contribution is -0.149. The predicted molar refractivity (Wildman–Crippen MR) is 117 cm³/mol. The van der Waals surface area contributed by atoms with Crippen LogP contribution < -0.4 is 4.74 Å². The minimum atomic E-state index is -0.245. The molecule has 4 rings (SSSR count). The highest BCUT2D eigenvalue weighted by Gasteiger charge is 2.31. The predicted octanol–water partition coefficient (Wildman–Crippen LogP) is 4.18.